The van der Waals surface area contributed by atoms with E-state index in [2.05, 4.69) is 5.32 Å². The number of aryl methyl sites for hydroxylation is 1. The summed E-state index contributed by atoms with van der Waals surface area (Å²) in [4.78, 5) is 37.4. The normalized spacial score (nSPS) is 11.4. The number of anilines is 1. The number of carbonyl (C=O) groups is 2. The Kier molecular flexibility index (Phi) is 6.64. The molecule has 154 valence electrons. The van der Waals surface area contributed by atoms with Gasteiger partial charge < -0.3 is 19.4 Å². The van der Waals surface area contributed by atoms with Gasteiger partial charge in [0.15, 0.2) is 0 Å². The van der Waals surface area contributed by atoms with Crippen LogP contribution in [0.4, 0.5) is 5.69 Å². The van der Waals surface area contributed by atoms with Crippen LogP contribution < -0.4 is 15.6 Å². The van der Waals surface area contributed by atoms with Gasteiger partial charge in [-0.25, -0.2) is 0 Å². The molecule has 1 amide bonds. The molecular weight excluding hydrogens is 384 g/mol. The number of ether oxygens (including phenoxy) is 2. The molecule has 0 aliphatic heterocycles. The van der Waals surface area contributed by atoms with Crippen LogP contribution >= 0.6 is 0 Å². The predicted molar refractivity (Wildman–Crippen MR) is 112 cm³/mol. The third-order valence-corrected chi connectivity index (χ3v) is 4.40. The summed E-state index contributed by atoms with van der Waals surface area (Å²) < 4.78 is 12.0. The SMILES string of the molecule is COc1ccc(C)cc1NC(=O)[C@@H](OC(=O)Cn1ccccc1=O)c1ccccc1. The zero-order valence-corrected chi connectivity index (χ0v) is 16.7. The highest BCUT2D eigenvalue weighted by Crippen LogP contribution is 2.27. The summed E-state index contributed by atoms with van der Waals surface area (Å²) in [6.07, 6.45) is 0.294. The minimum Gasteiger partial charge on any atom is -0.495 e. The van der Waals surface area contributed by atoms with E-state index in [-0.39, 0.29) is 12.1 Å². The van der Waals surface area contributed by atoms with Crippen LogP contribution in [-0.4, -0.2) is 23.6 Å². The Morgan fingerprint density at radius 1 is 1.03 bits per heavy atom. The number of hydrogen-bond acceptors (Lipinski definition) is 5. The summed E-state index contributed by atoms with van der Waals surface area (Å²) in [5, 5.41) is 2.77. The van der Waals surface area contributed by atoms with E-state index in [9.17, 15) is 14.4 Å². The molecule has 1 aromatic heterocycles. The van der Waals surface area contributed by atoms with Crippen molar-refractivity contribution in [1.29, 1.82) is 0 Å². The minimum absolute atomic E-state index is 0.302. The van der Waals surface area contributed by atoms with Gasteiger partial charge in [0.05, 0.1) is 12.8 Å². The van der Waals surface area contributed by atoms with Gasteiger partial charge in [-0.1, -0.05) is 42.5 Å². The Morgan fingerprint density at radius 3 is 2.47 bits per heavy atom. The van der Waals surface area contributed by atoms with Crippen LogP contribution in [-0.2, 0) is 20.9 Å². The molecule has 3 aromatic rings. The van der Waals surface area contributed by atoms with Crippen LogP contribution in [0.3, 0.4) is 0 Å². The van der Waals surface area contributed by atoms with Crippen LogP contribution in [0.5, 0.6) is 5.75 Å². The zero-order chi connectivity index (χ0) is 21.5. The Hall–Kier alpha value is -3.87. The van der Waals surface area contributed by atoms with Gasteiger partial charge in [-0.3, -0.25) is 14.4 Å². The van der Waals surface area contributed by atoms with Gasteiger partial charge in [-0.2, -0.15) is 0 Å². The topological polar surface area (TPSA) is 86.6 Å². The summed E-state index contributed by atoms with van der Waals surface area (Å²) in [7, 11) is 1.51. The number of carbonyl (C=O) groups excluding carboxylic acids is 2. The molecule has 3 rings (SSSR count). The average Bonchev–Trinajstić information content (AvgIpc) is 2.74. The second kappa shape index (κ2) is 9.56. The van der Waals surface area contributed by atoms with Crippen molar-refractivity contribution < 1.29 is 19.1 Å². The minimum atomic E-state index is -1.19. The van der Waals surface area contributed by atoms with Crippen LogP contribution in [0.25, 0.3) is 0 Å². The molecule has 7 heteroatoms. The summed E-state index contributed by atoms with van der Waals surface area (Å²) in [6, 6.07) is 18.6. The third kappa shape index (κ3) is 5.14. The quantitative estimate of drug-likeness (QED) is 0.610. The van der Waals surface area contributed by atoms with Crippen LogP contribution in [0, 0.1) is 6.92 Å². The second-order valence-electron chi connectivity index (χ2n) is 6.64. The monoisotopic (exact) mass is 406 g/mol. The lowest BCUT2D eigenvalue weighted by Gasteiger charge is -2.19. The molecule has 0 aliphatic rings. The van der Waals surface area contributed by atoms with Crippen LogP contribution in [0.2, 0.25) is 0 Å². The zero-order valence-electron chi connectivity index (χ0n) is 16.7. The summed E-state index contributed by atoms with van der Waals surface area (Å²) in [5.41, 5.74) is 1.58. The lowest BCUT2D eigenvalue weighted by atomic mass is 10.1. The van der Waals surface area contributed by atoms with Gasteiger partial charge in [0.2, 0.25) is 6.10 Å². The molecule has 0 saturated heterocycles. The lowest BCUT2D eigenvalue weighted by Crippen LogP contribution is -2.29. The maximum absolute atomic E-state index is 13.0. The summed E-state index contributed by atoms with van der Waals surface area (Å²) in [5.74, 6) is -0.745. The third-order valence-electron chi connectivity index (χ3n) is 4.40. The first-order valence-corrected chi connectivity index (χ1v) is 9.33. The van der Waals surface area contributed by atoms with Gasteiger partial charge in [0.1, 0.15) is 12.3 Å². The van der Waals surface area contributed by atoms with E-state index < -0.39 is 18.0 Å². The first-order chi connectivity index (χ1) is 14.5. The van der Waals surface area contributed by atoms with Crippen molar-refractivity contribution in [2.24, 2.45) is 0 Å². The van der Waals surface area contributed by atoms with E-state index in [1.165, 1.54) is 23.9 Å². The van der Waals surface area contributed by atoms with E-state index in [0.29, 0.717) is 17.0 Å². The highest BCUT2D eigenvalue weighted by Gasteiger charge is 2.26. The number of pyridine rings is 1. The Balaban J connectivity index is 1.83. The number of methoxy groups -OCH3 is 1. The van der Waals surface area contributed by atoms with E-state index >= 15 is 0 Å². The fraction of sp³-hybridized carbons (Fsp3) is 0.174. The number of benzene rings is 2. The molecule has 2 aromatic carbocycles. The van der Waals surface area contributed by atoms with Gasteiger partial charge in [-0.05, 0) is 30.7 Å². The predicted octanol–water partition coefficient (Wildman–Crippen LogP) is 3.09. The highest BCUT2D eigenvalue weighted by atomic mass is 16.5. The molecule has 30 heavy (non-hydrogen) atoms. The van der Waals surface area contributed by atoms with Crippen LogP contribution in [0.15, 0.2) is 77.7 Å². The molecule has 7 nitrogen and oxygen atoms in total. The van der Waals surface area contributed by atoms with Gasteiger partial charge >= 0.3 is 5.97 Å². The van der Waals surface area contributed by atoms with E-state index in [1.54, 1.807) is 54.6 Å². The molecule has 0 bridgehead atoms. The van der Waals surface area contributed by atoms with E-state index in [0.717, 1.165) is 5.56 Å². The molecule has 0 unspecified atom stereocenters. The molecule has 0 radical (unpaired) electrons. The standard InChI is InChI=1S/C23H22N2O5/c1-16-11-12-19(29-2)18(14-16)24-23(28)22(17-8-4-3-5-9-17)30-21(27)15-25-13-7-6-10-20(25)26/h3-14,22H,15H2,1-2H3,(H,24,28)/t22-/m0/s1. The number of esters is 1. The summed E-state index contributed by atoms with van der Waals surface area (Å²) >= 11 is 0. The summed E-state index contributed by atoms with van der Waals surface area (Å²) in [6.45, 7) is 1.59. The van der Waals surface area contributed by atoms with Crippen molar-refractivity contribution in [2.45, 2.75) is 19.6 Å². The number of nitrogens with zero attached hydrogens (tertiary/aromatic N) is 1. The highest BCUT2D eigenvalue weighted by molar-refractivity contribution is 5.97. The van der Waals surface area contributed by atoms with Gasteiger partial charge in [-0.15, -0.1) is 0 Å². The Labute approximate surface area is 173 Å². The first kappa shape index (κ1) is 20.9. The molecule has 0 aliphatic carbocycles. The van der Waals surface area contributed by atoms with Crippen molar-refractivity contribution in [2.75, 3.05) is 12.4 Å². The molecule has 1 atom stereocenters. The van der Waals surface area contributed by atoms with Gasteiger partial charge in [0.25, 0.3) is 11.5 Å². The maximum atomic E-state index is 13.0. The van der Waals surface area contributed by atoms with Crippen molar-refractivity contribution in [3.8, 4) is 5.75 Å². The number of hydrogen-bond donors (Lipinski definition) is 1. The second-order valence-corrected chi connectivity index (χ2v) is 6.64. The molecular formula is C23H22N2O5. The lowest BCUT2D eigenvalue weighted by molar-refractivity contribution is -0.155. The molecule has 1 heterocycles. The number of nitrogens with one attached hydrogen (secondary N) is 1. The largest absolute Gasteiger partial charge is 0.495 e. The fourth-order valence-electron chi connectivity index (χ4n) is 2.92. The fourth-order valence-corrected chi connectivity index (χ4v) is 2.92. The van der Waals surface area contributed by atoms with Crippen molar-refractivity contribution in [3.63, 3.8) is 0 Å². The molecule has 0 saturated carbocycles. The smallest absolute Gasteiger partial charge is 0.327 e. The van der Waals surface area contributed by atoms with Crippen molar-refractivity contribution >= 4 is 17.6 Å². The number of aromatic nitrogens is 1. The molecule has 1 N–H and O–H groups in total. The number of amides is 1. The van der Waals surface area contributed by atoms with E-state index in [4.69, 9.17) is 9.47 Å². The maximum Gasteiger partial charge on any atom is 0.327 e. The number of rotatable bonds is 7. The average molecular weight is 406 g/mol. The Bertz CT molecular complexity index is 1090. The van der Waals surface area contributed by atoms with E-state index in [1.807, 2.05) is 13.0 Å². The molecule has 0 spiro atoms. The Morgan fingerprint density at radius 2 is 1.77 bits per heavy atom. The van der Waals surface area contributed by atoms with Crippen molar-refractivity contribution in [3.05, 3.63) is 94.4 Å². The molecule has 0 fully saturated rings. The van der Waals surface area contributed by atoms with Gasteiger partial charge in [0, 0.05) is 17.8 Å². The van der Waals surface area contributed by atoms with Crippen LogP contribution in [0.1, 0.15) is 17.2 Å². The van der Waals surface area contributed by atoms with Crippen molar-refractivity contribution in [1.82, 2.24) is 4.57 Å². The first-order valence-electron chi connectivity index (χ1n) is 9.33.